The van der Waals surface area contributed by atoms with E-state index in [1.165, 1.54) is 24.3 Å². The summed E-state index contributed by atoms with van der Waals surface area (Å²) in [6.45, 7) is 0. The quantitative estimate of drug-likeness (QED) is 0.160. The number of alkyl halides is 6. The number of hydrogen-bond acceptors (Lipinski definition) is 2. The average Bonchev–Trinajstić information content (AvgIpc) is 2.95. The number of anilines is 2. The number of hydrogen-bond donors (Lipinski definition) is 2. The minimum absolute atomic E-state index is 0.0246. The van der Waals surface area contributed by atoms with Crippen LogP contribution in [0.1, 0.15) is 56.3 Å². The van der Waals surface area contributed by atoms with Crippen LogP contribution >= 0.6 is 0 Å². The summed E-state index contributed by atoms with van der Waals surface area (Å²) >= 11 is 0. The zero-order valence-corrected chi connectivity index (χ0v) is 21.8. The van der Waals surface area contributed by atoms with Crippen molar-refractivity contribution >= 4 is 11.4 Å². The Morgan fingerprint density at radius 3 is 1.19 bits per heavy atom. The second kappa shape index (κ2) is 8.89. The molecule has 5 aromatic carbocycles. The van der Waals surface area contributed by atoms with Crippen molar-refractivity contribution in [3.05, 3.63) is 142 Å². The Labute approximate surface area is 237 Å². The lowest BCUT2D eigenvalue weighted by Gasteiger charge is -2.42. The van der Waals surface area contributed by atoms with E-state index in [0.29, 0.717) is 11.1 Å². The molecule has 0 radical (unpaired) electrons. The van der Waals surface area contributed by atoms with Gasteiger partial charge in [-0.15, -0.1) is 0 Å². The van der Waals surface area contributed by atoms with Crippen LogP contribution in [0.4, 0.5) is 37.7 Å². The Balaban J connectivity index is 1.41. The molecular weight excluding hydrogens is 550 g/mol. The third kappa shape index (κ3) is 3.96. The summed E-state index contributed by atoms with van der Waals surface area (Å²) in [6.07, 6.45) is -9.18. The van der Waals surface area contributed by atoms with Gasteiger partial charge in [0.2, 0.25) is 0 Å². The molecule has 0 saturated carbocycles. The molecule has 3 aliphatic rings. The molecule has 0 heterocycles. The fraction of sp³-hybridized carbons (Fsp3) is 0.118. The third-order valence-corrected chi connectivity index (χ3v) is 8.36. The normalized spacial score (nSPS) is 17.0. The molecular formula is C34H22F6N2. The van der Waals surface area contributed by atoms with E-state index in [-0.39, 0.29) is 34.3 Å². The molecule has 8 heteroatoms. The molecule has 0 saturated heterocycles. The molecule has 2 atom stereocenters. The van der Waals surface area contributed by atoms with Crippen LogP contribution in [0.15, 0.2) is 97.1 Å². The van der Waals surface area contributed by atoms with Crippen molar-refractivity contribution in [2.24, 2.45) is 0 Å². The summed E-state index contributed by atoms with van der Waals surface area (Å²) in [4.78, 5) is 0. The number of nitrogens with two attached hydrogens (primary N) is 2. The Hall–Kier alpha value is -4.72. The number of halogens is 6. The highest BCUT2D eigenvalue weighted by Gasteiger charge is 2.42. The molecule has 0 amide bonds. The minimum Gasteiger partial charge on any atom is -0.399 e. The fourth-order valence-corrected chi connectivity index (χ4v) is 6.65. The summed E-state index contributed by atoms with van der Waals surface area (Å²) in [6, 6.07) is 26.1. The molecule has 0 fully saturated rings. The summed E-state index contributed by atoms with van der Waals surface area (Å²) in [5.74, 6) is -0.580. The molecule has 42 heavy (non-hydrogen) atoms. The van der Waals surface area contributed by atoms with E-state index in [4.69, 9.17) is 11.5 Å². The molecule has 3 aliphatic carbocycles. The number of nitrogen functional groups attached to an aromatic ring is 2. The van der Waals surface area contributed by atoms with E-state index in [1.54, 1.807) is 12.1 Å². The van der Waals surface area contributed by atoms with E-state index in [2.05, 4.69) is 0 Å². The van der Waals surface area contributed by atoms with Gasteiger partial charge >= 0.3 is 12.4 Å². The first kappa shape index (κ1) is 26.2. The van der Waals surface area contributed by atoms with E-state index in [9.17, 15) is 26.3 Å². The van der Waals surface area contributed by atoms with Gasteiger partial charge in [-0.25, -0.2) is 0 Å². The first-order valence-corrected chi connectivity index (χ1v) is 13.2. The predicted octanol–water partition coefficient (Wildman–Crippen LogP) is 9.21. The molecule has 2 bridgehead atoms. The van der Waals surface area contributed by atoms with Gasteiger partial charge in [0, 0.05) is 23.2 Å². The number of rotatable bonds is 2. The van der Waals surface area contributed by atoms with Gasteiger partial charge < -0.3 is 11.5 Å². The Bertz CT molecular complexity index is 1770. The molecule has 2 nitrogen and oxygen atoms in total. The summed E-state index contributed by atoms with van der Waals surface area (Å²) in [5, 5.41) is 0. The van der Waals surface area contributed by atoms with Crippen molar-refractivity contribution in [1.29, 1.82) is 0 Å². The lowest BCUT2D eigenvalue weighted by molar-refractivity contribution is -0.137. The molecule has 5 aromatic rings. The zero-order valence-electron chi connectivity index (χ0n) is 21.8. The maximum atomic E-state index is 14.0. The maximum absolute atomic E-state index is 14.0. The average molecular weight is 573 g/mol. The predicted molar refractivity (Wildman–Crippen MR) is 151 cm³/mol. The lowest BCUT2D eigenvalue weighted by Crippen LogP contribution is -2.27. The first-order chi connectivity index (χ1) is 19.9. The highest BCUT2D eigenvalue weighted by Crippen LogP contribution is 2.57. The van der Waals surface area contributed by atoms with Crippen molar-refractivity contribution in [2.45, 2.75) is 24.2 Å². The van der Waals surface area contributed by atoms with Gasteiger partial charge in [-0.05, 0) is 92.0 Å². The Morgan fingerprint density at radius 2 is 0.810 bits per heavy atom. The van der Waals surface area contributed by atoms with Gasteiger partial charge in [-0.2, -0.15) is 26.3 Å². The third-order valence-electron chi connectivity index (χ3n) is 8.36. The van der Waals surface area contributed by atoms with Crippen LogP contribution < -0.4 is 11.5 Å². The van der Waals surface area contributed by atoms with Crippen molar-refractivity contribution in [1.82, 2.24) is 0 Å². The van der Waals surface area contributed by atoms with Crippen molar-refractivity contribution < 1.29 is 26.3 Å². The topological polar surface area (TPSA) is 52.0 Å². The van der Waals surface area contributed by atoms with Crippen LogP contribution in [0.25, 0.3) is 22.3 Å². The van der Waals surface area contributed by atoms with Crippen molar-refractivity contribution in [3.63, 3.8) is 0 Å². The van der Waals surface area contributed by atoms with E-state index >= 15 is 0 Å². The molecule has 0 aromatic heterocycles. The SMILES string of the molecule is Nc1ccc(-c2ccc3c(c2)C2c4ccccc4C3c3cc(-c4ccc(N)cc4C(F)(F)F)ccc32)c(C(F)(F)F)c1. The van der Waals surface area contributed by atoms with Crippen LogP contribution in [-0.2, 0) is 12.4 Å². The molecule has 0 spiro atoms. The Kier molecular flexibility index (Phi) is 5.54. The van der Waals surface area contributed by atoms with Crippen molar-refractivity contribution in [3.8, 4) is 22.3 Å². The molecule has 210 valence electrons. The van der Waals surface area contributed by atoms with Crippen LogP contribution in [0, 0.1) is 0 Å². The fourth-order valence-electron chi connectivity index (χ4n) is 6.65. The van der Waals surface area contributed by atoms with Gasteiger partial charge in [-0.1, -0.05) is 60.7 Å². The standard InChI is InChI=1S/C34H22F6N2/c35-33(36,37)29-15-19(41)7-11-21(29)17-6-10-26-27(13-17)31-23-3-1-2-4-24(23)32(26)28-14-18(5-9-25(28)31)22-12-8-20(42)16-30(22)34(38,39)40/h1-16,31-32H,41-42H2. The van der Waals surface area contributed by atoms with E-state index in [1.807, 2.05) is 48.5 Å². The summed E-state index contributed by atoms with van der Waals surface area (Å²) < 4.78 is 83.8. The van der Waals surface area contributed by atoms with E-state index < -0.39 is 23.5 Å². The first-order valence-electron chi connectivity index (χ1n) is 13.2. The smallest absolute Gasteiger partial charge is 0.399 e. The highest BCUT2D eigenvalue weighted by atomic mass is 19.4. The summed E-state index contributed by atoms with van der Waals surface area (Å²) in [7, 11) is 0. The van der Waals surface area contributed by atoms with Crippen LogP contribution in [-0.4, -0.2) is 0 Å². The van der Waals surface area contributed by atoms with Crippen LogP contribution in [0.3, 0.4) is 0 Å². The molecule has 4 N–H and O–H groups in total. The molecule has 0 aliphatic heterocycles. The maximum Gasteiger partial charge on any atom is 0.417 e. The van der Waals surface area contributed by atoms with Gasteiger partial charge in [-0.3, -0.25) is 0 Å². The summed E-state index contributed by atoms with van der Waals surface area (Å²) in [5.41, 5.74) is 16.4. The lowest BCUT2D eigenvalue weighted by atomic mass is 9.60. The van der Waals surface area contributed by atoms with Gasteiger partial charge in [0.1, 0.15) is 0 Å². The molecule has 8 rings (SSSR count). The Morgan fingerprint density at radius 1 is 0.429 bits per heavy atom. The zero-order chi connectivity index (χ0) is 29.6. The van der Waals surface area contributed by atoms with Crippen molar-refractivity contribution in [2.75, 3.05) is 11.5 Å². The minimum atomic E-state index is -4.59. The number of benzene rings is 5. The largest absolute Gasteiger partial charge is 0.417 e. The second-order valence-corrected chi connectivity index (χ2v) is 10.8. The van der Waals surface area contributed by atoms with E-state index in [0.717, 1.165) is 45.5 Å². The van der Waals surface area contributed by atoms with Crippen LogP contribution in [0.2, 0.25) is 0 Å². The van der Waals surface area contributed by atoms with Gasteiger partial charge in [0.25, 0.3) is 0 Å². The monoisotopic (exact) mass is 572 g/mol. The van der Waals surface area contributed by atoms with Gasteiger partial charge in [0.15, 0.2) is 0 Å². The van der Waals surface area contributed by atoms with Crippen LogP contribution in [0.5, 0.6) is 0 Å². The van der Waals surface area contributed by atoms with Gasteiger partial charge in [0.05, 0.1) is 11.1 Å². The second-order valence-electron chi connectivity index (χ2n) is 10.8. The highest BCUT2D eigenvalue weighted by molar-refractivity contribution is 5.78. The molecule has 2 unspecified atom stereocenters.